The van der Waals surface area contributed by atoms with Crippen LogP contribution in [0.1, 0.15) is 37.0 Å². The lowest BCUT2D eigenvalue weighted by Crippen LogP contribution is -2.36. The van der Waals surface area contributed by atoms with Gasteiger partial charge in [0.25, 0.3) is 5.91 Å². The summed E-state index contributed by atoms with van der Waals surface area (Å²) in [6.45, 7) is 3.70. The molecule has 1 amide bonds. The highest BCUT2D eigenvalue weighted by molar-refractivity contribution is 6.33. The lowest BCUT2D eigenvalue weighted by atomic mass is 10.2. The molecule has 0 saturated carbocycles. The molecule has 5 nitrogen and oxygen atoms in total. The van der Waals surface area contributed by atoms with Crippen molar-refractivity contribution in [3.8, 4) is 5.75 Å². The van der Waals surface area contributed by atoms with E-state index in [2.05, 4.69) is 5.32 Å². The molecule has 0 aliphatic carbocycles. The number of hydrogen-bond acceptors (Lipinski definition) is 3. The van der Waals surface area contributed by atoms with Crippen LogP contribution in [-0.4, -0.2) is 29.6 Å². The van der Waals surface area contributed by atoms with Gasteiger partial charge in [0.1, 0.15) is 11.3 Å². The van der Waals surface area contributed by atoms with Gasteiger partial charge in [-0.05, 0) is 25.5 Å². The van der Waals surface area contributed by atoms with Crippen LogP contribution in [0.5, 0.6) is 5.75 Å². The highest BCUT2D eigenvalue weighted by Crippen LogP contribution is 2.26. The lowest BCUT2D eigenvalue weighted by molar-refractivity contribution is -0.123. The maximum Gasteiger partial charge on any atom is 0.341 e. The van der Waals surface area contributed by atoms with E-state index < -0.39 is 5.97 Å². The van der Waals surface area contributed by atoms with Crippen LogP contribution < -0.4 is 10.1 Å². The number of carbonyl (C=O) groups excluding carboxylic acids is 1. The molecule has 0 spiro atoms. The van der Waals surface area contributed by atoms with Crippen LogP contribution >= 0.6 is 11.6 Å². The second kappa shape index (κ2) is 7.75. The van der Waals surface area contributed by atoms with Crippen molar-refractivity contribution in [1.82, 2.24) is 5.32 Å². The Morgan fingerprint density at radius 1 is 1.45 bits per heavy atom. The molecule has 1 atom stereocenters. The van der Waals surface area contributed by atoms with Gasteiger partial charge in [0.05, 0.1) is 5.02 Å². The number of nitrogens with one attached hydrogen (secondary N) is 1. The number of carboxylic acids is 1. The Hall–Kier alpha value is -1.75. The minimum Gasteiger partial charge on any atom is -0.483 e. The van der Waals surface area contributed by atoms with Crippen LogP contribution in [0.2, 0.25) is 5.02 Å². The van der Waals surface area contributed by atoms with Gasteiger partial charge >= 0.3 is 5.97 Å². The molecule has 0 fully saturated rings. The zero-order valence-electron chi connectivity index (χ0n) is 11.5. The summed E-state index contributed by atoms with van der Waals surface area (Å²) < 4.78 is 5.24. The van der Waals surface area contributed by atoms with Gasteiger partial charge in [-0.1, -0.05) is 31.0 Å². The van der Waals surface area contributed by atoms with E-state index in [0.29, 0.717) is 0 Å². The molecule has 1 aromatic carbocycles. The fraction of sp³-hybridized carbons (Fsp3) is 0.429. The number of ether oxygens (including phenoxy) is 1. The summed E-state index contributed by atoms with van der Waals surface area (Å²) in [6.07, 6.45) is 1.85. The van der Waals surface area contributed by atoms with Crippen molar-refractivity contribution >= 4 is 23.5 Å². The SMILES string of the molecule is CCCC(C)NC(=O)COc1cccc(Cl)c1C(=O)O. The van der Waals surface area contributed by atoms with Crippen LogP contribution in [0.25, 0.3) is 0 Å². The summed E-state index contributed by atoms with van der Waals surface area (Å²) in [6, 6.07) is 4.57. The van der Waals surface area contributed by atoms with E-state index in [1.807, 2.05) is 13.8 Å². The molecule has 0 saturated heterocycles. The summed E-state index contributed by atoms with van der Waals surface area (Å²) in [5, 5.41) is 11.9. The Labute approximate surface area is 122 Å². The summed E-state index contributed by atoms with van der Waals surface area (Å²) in [5.41, 5.74) is -0.136. The number of rotatable bonds is 7. The molecule has 0 bridgehead atoms. The number of amides is 1. The topological polar surface area (TPSA) is 75.6 Å². The van der Waals surface area contributed by atoms with Crippen molar-refractivity contribution < 1.29 is 19.4 Å². The van der Waals surface area contributed by atoms with E-state index in [0.717, 1.165) is 12.8 Å². The summed E-state index contributed by atoms with van der Waals surface area (Å²) >= 11 is 5.80. The van der Waals surface area contributed by atoms with Crippen LogP contribution in [0, 0.1) is 0 Å². The minimum atomic E-state index is -1.19. The largest absolute Gasteiger partial charge is 0.483 e. The summed E-state index contributed by atoms with van der Waals surface area (Å²) in [4.78, 5) is 22.7. The van der Waals surface area contributed by atoms with Gasteiger partial charge < -0.3 is 15.2 Å². The van der Waals surface area contributed by atoms with Crippen molar-refractivity contribution in [3.05, 3.63) is 28.8 Å². The van der Waals surface area contributed by atoms with Crippen molar-refractivity contribution in [2.24, 2.45) is 0 Å². The quantitative estimate of drug-likeness (QED) is 0.811. The second-order valence-corrected chi connectivity index (χ2v) is 4.87. The van der Waals surface area contributed by atoms with Gasteiger partial charge in [-0.2, -0.15) is 0 Å². The fourth-order valence-electron chi connectivity index (χ4n) is 1.80. The van der Waals surface area contributed by atoms with Crippen LogP contribution in [0.3, 0.4) is 0 Å². The summed E-state index contributed by atoms with van der Waals surface area (Å²) in [5.74, 6) is -1.39. The van der Waals surface area contributed by atoms with Gasteiger partial charge in [-0.15, -0.1) is 0 Å². The van der Waals surface area contributed by atoms with Crippen LogP contribution in [-0.2, 0) is 4.79 Å². The number of carbonyl (C=O) groups is 2. The first-order chi connectivity index (χ1) is 9.45. The fourth-order valence-corrected chi connectivity index (χ4v) is 2.04. The van der Waals surface area contributed by atoms with Gasteiger partial charge in [-0.25, -0.2) is 4.79 Å². The second-order valence-electron chi connectivity index (χ2n) is 4.46. The Morgan fingerprint density at radius 3 is 2.75 bits per heavy atom. The maximum absolute atomic E-state index is 11.7. The Bertz CT molecular complexity index is 490. The van der Waals surface area contributed by atoms with E-state index >= 15 is 0 Å². The molecular weight excluding hydrogens is 282 g/mol. The molecule has 2 N–H and O–H groups in total. The minimum absolute atomic E-state index is 0.0643. The molecule has 0 aliphatic heterocycles. The smallest absolute Gasteiger partial charge is 0.341 e. The normalized spacial score (nSPS) is 11.8. The van der Waals surface area contributed by atoms with Crippen LogP contribution in [0.4, 0.5) is 0 Å². The van der Waals surface area contributed by atoms with Crippen LogP contribution in [0.15, 0.2) is 18.2 Å². The molecule has 0 heterocycles. The molecule has 6 heteroatoms. The third-order valence-corrected chi connectivity index (χ3v) is 2.99. The Balaban J connectivity index is 2.64. The molecule has 110 valence electrons. The highest BCUT2D eigenvalue weighted by atomic mass is 35.5. The third-order valence-electron chi connectivity index (χ3n) is 2.68. The predicted octanol–water partition coefficient (Wildman–Crippen LogP) is 2.72. The zero-order valence-corrected chi connectivity index (χ0v) is 12.2. The molecule has 1 unspecified atom stereocenters. The first-order valence-electron chi connectivity index (χ1n) is 6.39. The van der Waals surface area contributed by atoms with Crippen molar-refractivity contribution in [2.45, 2.75) is 32.7 Å². The first kappa shape index (κ1) is 16.3. The average Bonchev–Trinajstić information content (AvgIpc) is 2.36. The van der Waals surface area contributed by atoms with E-state index in [1.165, 1.54) is 12.1 Å². The molecule has 0 aromatic heterocycles. The number of carboxylic acid groups (broad SMARTS) is 1. The number of hydrogen-bond donors (Lipinski definition) is 2. The van der Waals surface area contributed by atoms with E-state index in [-0.39, 0.29) is 34.9 Å². The van der Waals surface area contributed by atoms with E-state index in [9.17, 15) is 9.59 Å². The lowest BCUT2D eigenvalue weighted by Gasteiger charge is -2.14. The number of aromatic carboxylic acids is 1. The summed E-state index contributed by atoms with van der Waals surface area (Å²) in [7, 11) is 0. The molecular formula is C14H18ClNO4. The number of halogens is 1. The van der Waals surface area contributed by atoms with E-state index in [4.69, 9.17) is 21.4 Å². The monoisotopic (exact) mass is 299 g/mol. The molecule has 0 radical (unpaired) electrons. The van der Waals surface area contributed by atoms with Crippen molar-refractivity contribution in [1.29, 1.82) is 0 Å². The van der Waals surface area contributed by atoms with Gasteiger partial charge in [0.2, 0.25) is 0 Å². The molecule has 1 rings (SSSR count). The molecule has 0 aliphatic rings. The standard InChI is InChI=1S/C14H18ClNO4/c1-3-5-9(2)16-12(17)8-20-11-7-4-6-10(15)13(11)14(18)19/h4,6-7,9H,3,5,8H2,1-2H3,(H,16,17)(H,18,19). The Kier molecular flexibility index (Phi) is 6.31. The van der Waals surface area contributed by atoms with Gasteiger partial charge in [0.15, 0.2) is 6.61 Å². The van der Waals surface area contributed by atoms with Crippen molar-refractivity contribution in [3.63, 3.8) is 0 Å². The van der Waals surface area contributed by atoms with Gasteiger partial charge in [-0.3, -0.25) is 4.79 Å². The van der Waals surface area contributed by atoms with E-state index in [1.54, 1.807) is 6.07 Å². The first-order valence-corrected chi connectivity index (χ1v) is 6.77. The number of benzene rings is 1. The third kappa shape index (κ3) is 4.74. The zero-order chi connectivity index (χ0) is 15.1. The highest BCUT2D eigenvalue weighted by Gasteiger charge is 2.16. The molecule has 20 heavy (non-hydrogen) atoms. The Morgan fingerprint density at radius 2 is 2.15 bits per heavy atom. The predicted molar refractivity (Wildman–Crippen MR) is 76.4 cm³/mol. The van der Waals surface area contributed by atoms with Crippen molar-refractivity contribution in [2.75, 3.05) is 6.61 Å². The molecule has 1 aromatic rings. The maximum atomic E-state index is 11.7. The average molecular weight is 300 g/mol. The van der Waals surface area contributed by atoms with Gasteiger partial charge in [0, 0.05) is 6.04 Å².